The van der Waals surface area contributed by atoms with Gasteiger partial charge in [0.05, 0.1) is 7.11 Å². The fourth-order valence-corrected chi connectivity index (χ4v) is 1.55. The van der Waals surface area contributed by atoms with Crippen LogP contribution in [0.15, 0.2) is 30.6 Å². The molecule has 4 heteroatoms. The van der Waals surface area contributed by atoms with Crippen molar-refractivity contribution in [3.63, 3.8) is 0 Å². The van der Waals surface area contributed by atoms with Gasteiger partial charge in [-0.1, -0.05) is 0 Å². The van der Waals surface area contributed by atoms with Gasteiger partial charge >= 0.3 is 0 Å². The van der Waals surface area contributed by atoms with Crippen molar-refractivity contribution in [3.8, 4) is 17.0 Å². The Labute approximate surface area is 94.1 Å². The van der Waals surface area contributed by atoms with Gasteiger partial charge in [0.25, 0.3) is 0 Å². The Morgan fingerprint density at radius 2 is 2.06 bits per heavy atom. The van der Waals surface area contributed by atoms with Crippen molar-refractivity contribution in [2.24, 2.45) is 0 Å². The molecule has 2 aromatic heterocycles. The lowest BCUT2D eigenvalue weighted by Crippen LogP contribution is -1.97. The number of nitrogen functional groups attached to an aromatic ring is 1. The van der Waals surface area contributed by atoms with Crippen LogP contribution in [0, 0.1) is 6.92 Å². The molecule has 0 bridgehead atoms. The van der Waals surface area contributed by atoms with E-state index in [2.05, 4.69) is 9.97 Å². The van der Waals surface area contributed by atoms with E-state index in [1.807, 2.05) is 25.1 Å². The summed E-state index contributed by atoms with van der Waals surface area (Å²) in [5, 5.41) is 0. The van der Waals surface area contributed by atoms with Crippen LogP contribution in [-0.4, -0.2) is 17.1 Å². The zero-order chi connectivity index (χ0) is 11.5. The lowest BCUT2D eigenvalue weighted by molar-refractivity contribution is 0.399. The average molecular weight is 215 g/mol. The lowest BCUT2D eigenvalue weighted by atomic mass is 10.1. The molecule has 4 nitrogen and oxygen atoms in total. The third-order valence-corrected chi connectivity index (χ3v) is 2.31. The largest absolute Gasteiger partial charge is 0.481 e. The highest BCUT2D eigenvalue weighted by atomic mass is 16.5. The van der Waals surface area contributed by atoms with Gasteiger partial charge in [-0.25, -0.2) is 9.97 Å². The zero-order valence-corrected chi connectivity index (χ0v) is 9.27. The molecule has 2 N–H and O–H groups in total. The van der Waals surface area contributed by atoms with E-state index in [0.717, 1.165) is 16.7 Å². The lowest BCUT2D eigenvalue weighted by Gasteiger charge is -2.09. The van der Waals surface area contributed by atoms with E-state index >= 15 is 0 Å². The fraction of sp³-hybridized carbons (Fsp3) is 0.167. The molecule has 0 fully saturated rings. The Bertz CT molecular complexity index is 511. The maximum atomic E-state index is 5.85. The van der Waals surface area contributed by atoms with E-state index < -0.39 is 0 Å². The molecule has 2 aromatic rings. The van der Waals surface area contributed by atoms with E-state index in [1.165, 1.54) is 0 Å². The number of aryl methyl sites for hydroxylation is 1. The number of methoxy groups -OCH3 is 1. The molecule has 0 amide bonds. The molecular weight excluding hydrogens is 202 g/mol. The van der Waals surface area contributed by atoms with E-state index in [9.17, 15) is 0 Å². The first kappa shape index (κ1) is 10.4. The van der Waals surface area contributed by atoms with Crippen molar-refractivity contribution in [3.05, 3.63) is 36.2 Å². The van der Waals surface area contributed by atoms with Crippen molar-refractivity contribution in [1.82, 2.24) is 9.97 Å². The molecule has 2 heterocycles. The monoisotopic (exact) mass is 215 g/mol. The highest BCUT2D eigenvalue weighted by molar-refractivity contribution is 5.77. The Balaban J connectivity index is 2.62. The highest BCUT2D eigenvalue weighted by Gasteiger charge is 2.10. The zero-order valence-electron chi connectivity index (χ0n) is 9.27. The highest BCUT2D eigenvalue weighted by Crippen LogP contribution is 2.31. The summed E-state index contributed by atoms with van der Waals surface area (Å²) in [6.07, 6.45) is 3.42. The maximum absolute atomic E-state index is 5.85. The number of rotatable bonds is 2. The predicted octanol–water partition coefficient (Wildman–Crippen LogP) is 2.04. The maximum Gasteiger partial charge on any atom is 0.221 e. The molecule has 2 rings (SSSR count). The summed E-state index contributed by atoms with van der Waals surface area (Å²) >= 11 is 0. The second kappa shape index (κ2) is 4.18. The van der Waals surface area contributed by atoms with Crippen molar-refractivity contribution in [2.75, 3.05) is 12.8 Å². The van der Waals surface area contributed by atoms with E-state index in [1.54, 1.807) is 19.5 Å². The second-order valence-corrected chi connectivity index (χ2v) is 3.51. The molecule has 0 aliphatic rings. The molecule has 0 aliphatic heterocycles. The summed E-state index contributed by atoms with van der Waals surface area (Å²) in [6.45, 7) is 1.97. The van der Waals surface area contributed by atoms with Crippen LogP contribution in [0.25, 0.3) is 11.1 Å². The van der Waals surface area contributed by atoms with Crippen LogP contribution in [0.1, 0.15) is 5.56 Å². The molecule has 0 atom stereocenters. The van der Waals surface area contributed by atoms with Gasteiger partial charge in [-0.3, -0.25) is 0 Å². The number of aromatic nitrogens is 2. The van der Waals surface area contributed by atoms with E-state index in [-0.39, 0.29) is 0 Å². The van der Waals surface area contributed by atoms with E-state index in [4.69, 9.17) is 10.5 Å². The summed E-state index contributed by atoms with van der Waals surface area (Å²) in [6, 6.07) is 5.74. The third-order valence-electron chi connectivity index (χ3n) is 2.31. The molecule has 0 spiro atoms. The summed E-state index contributed by atoms with van der Waals surface area (Å²) in [5.74, 6) is 1.04. The van der Waals surface area contributed by atoms with Gasteiger partial charge in [-0.15, -0.1) is 0 Å². The van der Waals surface area contributed by atoms with Gasteiger partial charge in [-0.2, -0.15) is 0 Å². The first-order valence-electron chi connectivity index (χ1n) is 4.94. The SMILES string of the molecule is COc1ncccc1-c1cc(C)cnc1N. The quantitative estimate of drug-likeness (QED) is 0.832. The number of nitrogens with zero attached hydrogens (tertiary/aromatic N) is 2. The van der Waals surface area contributed by atoms with Crippen LogP contribution < -0.4 is 10.5 Å². The van der Waals surface area contributed by atoms with Crippen molar-refractivity contribution in [1.29, 1.82) is 0 Å². The number of hydrogen-bond donors (Lipinski definition) is 1. The summed E-state index contributed by atoms with van der Waals surface area (Å²) in [7, 11) is 1.59. The van der Waals surface area contributed by atoms with Crippen LogP contribution in [0.2, 0.25) is 0 Å². The van der Waals surface area contributed by atoms with Crippen LogP contribution in [0.3, 0.4) is 0 Å². The van der Waals surface area contributed by atoms with Gasteiger partial charge in [-0.05, 0) is 30.7 Å². The smallest absolute Gasteiger partial charge is 0.221 e. The molecule has 0 saturated heterocycles. The molecule has 0 radical (unpaired) electrons. The number of anilines is 1. The standard InChI is InChI=1S/C12H13N3O/c1-8-6-10(11(13)15-7-8)9-4-3-5-14-12(9)16-2/h3-7H,1-2H3,(H2,13,15). The molecule has 16 heavy (non-hydrogen) atoms. The molecule has 0 aliphatic carbocycles. The van der Waals surface area contributed by atoms with Crippen LogP contribution in [0.4, 0.5) is 5.82 Å². The van der Waals surface area contributed by atoms with Crippen molar-refractivity contribution in [2.45, 2.75) is 6.92 Å². The Hall–Kier alpha value is -2.10. The molecule has 0 aromatic carbocycles. The van der Waals surface area contributed by atoms with Gasteiger partial charge in [0.15, 0.2) is 0 Å². The topological polar surface area (TPSA) is 61.0 Å². The van der Waals surface area contributed by atoms with Gasteiger partial charge in [0.1, 0.15) is 5.82 Å². The average Bonchev–Trinajstić information content (AvgIpc) is 2.32. The normalized spacial score (nSPS) is 10.1. The Kier molecular flexibility index (Phi) is 2.72. The van der Waals surface area contributed by atoms with Gasteiger partial charge in [0, 0.05) is 23.5 Å². The molecular formula is C12H13N3O. The minimum Gasteiger partial charge on any atom is -0.481 e. The molecule has 0 saturated carbocycles. The predicted molar refractivity (Wildman–Crippen MR) is 63.2 cm³/mol. The second-order valence-electron chi connectivity index (χ2n) is 3.51. The minimum absolute atomic E-state index is 0.483. The first-order chi connectivity index (χ1) is 7.72. The molecule has 0 unspecified atom stereocenters. The number of nitrogens with two attached hydrogens (primary N) is 1. The van der Waals surface area contributed by atoms with Gasteiger partial charge < -0.3 is 10.5 Å². The van der Waals surface area contributed by atoms with Crippen LogP contribution >= 0.6 is 0 Å². The number of ether oxygens (including phenoxy) is 1. The van der Waals surface area contributed by atoms with Crippen molar-refractivity contribution < 1.29 is 4.74 Å². The summed E-state index contributed by atoms with van der Waals surface area (Å²) in [4.78, 5) is 8.26. The Morgan fingerprint density at radius 1 is 1.25 bits per heavy atom. The summed E-state index contributed by atoms with van der Waals surface area (Å²) < 4.78 is 5.20. The van der Waals surface area contributed by atoms with Crippen LogP contribution in [0.5, 0.6) is 5.88 Å². The van der Waals surface area contributed by atoms with Gasteiger partial charge in [0.2, 0.25) is 5.88 Å². The van der Waals surface area contributed by atoms with E-state index in [0.29, 0.717) is 11.7 Å². The third kappa shape index (κ3) is 1.82. The molecule has 82 valence electrons. The fourth-order valence-electron chi connectivity index (χ4n) is 1.55. The van der Waals surface area contributed by atoms with Crippen LogP contribution in [-0.2, 0) is 0 Å². The first-order valence-corrected chi connectivity index (χ1v) is 4.94. The summed E-state index contributed by atoms with van der Waals surface area (Å²) in [5.41, 5.74) is 8.61. The Morgan fingerprint density at radius 3 is 2.81 bits per heavy atom. The number of hydrogen-bond acceptors (Lipinski definition) is 4. The minimum atomic E-state index is 0.483. The van der Waals surface area contributed by atoms with Crippen molar-refractivity contribution >= 4 is 5.82 Å². The number of pyridine rings is 2.